The number of hydrogen-bond acceptors (Lipinski definition) is 3. The molecule has 96 valence electrons. The zero-order chi connectivity index (χ0) is 13.0. The fourth-order valence-corrected chi connectivity index (χ4v) is 2.71. The lowest BCUT2D eigenvalue weighted by atomic mass is 10.1. The second-order valence-corrected chi connectivity index (χ2v) is 5.82. The number of nitrogens with one attached hydrogen (secondary N) is 1. The topological polar surface area (TPSA) is 24.9 Å². The van der Waals surface area contributed by atoms with E-state index in [2.05, 4.69) is 30.2 Å². The Labute approximate surface area is 117 Å². The highest BCUT2D eigenvalue weighted by Crippen LogP contribution is 2.20. The van der Waals surface area contributed by atoms with Gasteiger partial charge in [-0.05, 0) is 24.6 Å². The van der Waals surface area contributed by atoms with E-state index in [1.165, 1.54) is 10.6 Å². The molecule has 2 aromatic rings. The van der Waals surface area contributed by atoms with Gasteiger partial charge in [0.1, 0.15) is 0 Å². The number of thiazole rings is 1. The Morgan fingerprint density at radius 3 is 2.89 bits per heavy atom. The Bertz CT molecular complexity index is 484. The van der Waals surface area contributed by atoms with E-state index in [0.717, 1.165) is 11.6 Å². The van der Waals surface area contributed by atoms with Gasteiger partial charge in [-0.25, -0.2) is 4.98 Å². The number of aromatic nitrogens is 1. The molecule has 1 N–H and O–H groups in total. The average molecular weight is 281 g/mol. The van der Waals surface area contributed by atoms with Crippen molar-refractivity contribution in [1.29, 1.82) is 0 Å². The normalized spacial score (nSPS) is 14.4. The standard InChI is InChI=1S/C14H17ClN2S/c1-10(14-16-6-7-18-14)9-17-11(2)12-4-3-5-13(15)8-12/h3-8,10-11,17H,9H2,1-2H3. The van der Waals surface area contributed by atoms with Crippen LogP contribution in [0, 0.1) is 0 Å². The third kappa shape index (κ3) is 3.55. The zero-order valence-electron chi connectivity index (χ0n) is 10.6. The number of hydrogen-bond donors (Lipinski definition) is 1. The molecule has 1 heterocycles. The van der Waals surface area contributed by atoms with Crippen molar-refractivity contribution in [3.05, 3.63) is 51.4 Å². The lowest BCUT2D eigenvalue weighted by Gasteiger charge is -2.17. The number of benzene rings is 1. The summed E-state index contributed by atoms with van der Waals surface area (Å²) < 4.78 is 0. The average Bonchev–Trinajstić information content (AvgIpc) is 2.89. The van der Waals surface area contributed by atoms with Gasteiger partial charge in [-0.2, -0.15) is 0 Å². The van der Waals surface area contributed by atoms with Crippen LogP contribution < -0.4 is 5.32 Å². The third-order valence-electron chi connectivity index (χ3n) is 2.95. The molecule has 0 spiro atoms. The summed E-state index contributed by atoms with van der Waals surface area (Å²) in [6.45, 7) is 5.26. The summed E-state index contributed by atoms with van der Waals surface area (Å²) in [5.41, 5.74) is 1.22. The van der Waals surface area contributed by atoms with Gasteiger partial charge in [0.2, 0.25) is 0 Å². The van der Waals surface area contributed by atoms with Crippen LogP contribution in [0.3, 0.4) is 0 Å². The van der Waals surface area contributed by atoms with Crippen molar-refractivity contribution in [3.8, 4) is 0 Å². The Kier molecular flexibility index (Phi) is 4.75. The van der Waals surface area contributed by atoms with E-state index in [4.69, 9.17) is 11.6 Å². The van der Waals surface area contributed by atoms with E-state index in [1.54, 1.807) is 11.3 Å². The molecule has 0 fully saturated rings. The van der Waals surface area contributed by atoms with Crippen molar-refractivity contribution in [2.24, 2.45) is 0 Å². The lowest BCUT2D eigenvalue weighted by molar-refractivity contribution is 0.536. The van der Waals surface area contributed by atoms with Crippen LogP contribution in [0.15, 0.2) is 35.8 Å². The molecule has 4 heteroatoms. The number of nitrogens with zero attached hydrogens (tertiary/aromatic N) is 1. The maximum atomic E-state index is 6.00. The highest BCUT2D eigenvalue weighted by atomic mass is 35.5. The predicted molar refractivity (Wildman–Crippen MR) is 78.4 cm³/mol. The van der Waals surface area contributed by atoms with Crippen LogP contribution in [0.2, 0.25) is 5.02 Å². The Morgan fingerprint density at radius 1 is 1.39 bits per heavy atom. The van der Waals surface area contributed by atoms with Crippen molar-refractivity contribution >= 4 is 22.9 Å². The molecule has 2 nitrogen and oxygen atoms in total. The second kappa shape index (κ2) is 6.32. The van der Waals surface area contributed by atoms with E-state index < -0.39 is 0 Å². The van der Waals surface area contributed by atoms with E-state index in [0.29, 0.717) is 12.0 Å². The summed E-state index contributed by atoms with van der Waals surface area (Å²) in [4.78, 5) is 4.34. The van der Waals surface area contributed by atoms with Gasteiger partial charge in [0.05, 0.1) is 5.01 Å². The molecule has 2 unspecified atom stereocenters. The molecule has 2 rings (SSSR count). The van der Waals surface area contributed by atoms with Crippen LogP contribution in [-0.2, 0) is 0 Å². The highest BCUT2D eigenvalue weighted by Gasteiger charge is 2.11. The fraction of sp³-hybridized carbons (Fsp3) is 0.357. The minimum atomic E-state index is 0.297. The smallest absolute Gasteiger partial charge is 0.0965 e. The van der Waals surface area contributed by atoms with Crippen LogP contribution in [0.4, 0.5) is 0 Å². The molecule has 0 saturated heterocycles. The highest BCUT2D eigenvalue weighted by molar-refractivity contribution is 7.09. The number of halogens is 1. The maximum Gasteiger partial charge on any atom is 0.0965 e. The summed E-state index contributed by atoms with van der Waals surface area (Å²) >= 11 is 7.71. The minimum absolute atomic E-state index is 0.297. The van der Waals surface area contributed by atoms with Crippen LogP contribution in [0.25, 0.3) is 0 Å². The fourth-order valence-electron chi connectivity index (χ4n) is 1.81. The second-order valence-electron chi connectivity index (χ2n) is 4.46. The molecule has 18 heavy (non-hydrogen) atoms. The Morgan fingerprint density at radius 2 is 2.22 bits per heavy atom. The summed E-state index contributed by atoms with van der Waals surface area (Å²) in [5.74, 6) is 0.437. The molecule has 0 bridgehead atoms. The van der Waals surface area contributed by atoms with Crippen LogP contribution in [0.5, 0.6) is 0 Å². The first-order valence-corrected chi connectivity index (χ1v) is 7.31. The van der Waals surface area contributed by atoms with Gasteiger partial charge in [0.25, 0.3) is 0 Å². The monoisotopic (exact) mass is 280 g/mol. The third-order valence-corrected chi connectivity index (χ3v) is 4.19. The van der Waals surface area contributed by atoms with Crippen molar-refractivity contribution in [3.63, 3.8) is 0 Å². The number of rotatable bonds is 5. The van der Waals surface area contributed by atoms with Crippen LogP contribution in [-0.4, -0.2) is 11.5 Å². The van der Waals surface area contributed by atoms with Gasteiger partial charge < -0.3 is 5.32 Å². The molecule has 0 aliphatic carbocycles. The molecular formula is C14H17ClN2S. The molecule has 0 saturated carbocycles. The lowest BCUT2D eigenvalue weighted by Crippen LogP contribution is -2.23. The maximum absolute atomic E-state index is 6.00. The molecule has 0 aliphatic rings. The van der Waals surface area contributed by atoms with Gasteiger partial charge in [0.15, 0.2) is 0 Å². The summed E-state index contributed by atoms with van der Waals surface area (Å²) in [7, 11) is 0. The van der Waals surface area contributed by atoms with Gasteiger partial charge in [0, 0.05) is 35.1 Å². The quantitative estimate of drug-likeness (QED) is 0.886. The van der Waals surface area contributed by atoms with Gasteiger partial charge >= 0.3 is 0 Å². The summed E-state index contributed by atoms with van der Waals surface area (Å²) in [6, 6.07) is 8.28. The largest absolute Gasteiger partial charge is 0.310 e. The van der Waals surface area contributed by atoms with E-state index >= 15 is 0 Å². The zero-order valence-corrected chi connectivity index (χ0v) is 12.1. The first-order valence-electron chi connectivity index (χ1n) is 6.05. The minimum Gasteiger partial charge on any atom is -0.310 e. The van der Waals surface area contributed by atoms with Crippen LogP contribution in [0.1, 0.15) is 36.4 Å². The molecule has 0 amide bonds. The van der Waals surface area contributed by atoms with Gasteiger partial charge in [-0.3, -0.25) is 0 Å². The molecule has 2 atom stereocenters. The van der Waals surface area contributed by atoms with E-state index in [1.807, 2.05) is 29.8 Å². The van der Waals surface area contributed by atoms with E-state index in [9.17, 15) is 0 Å². The Balaban J connectivity index is 1.90. The molecule has 0 aliphatic heterocycles. The summed E-state index contributed by atoms with van der Waals surface area (Å²) in [5, 5.41) is 7.51. The van der Waals surface area contributed by atoms with Crippen molar-refractivity contribution in [2.45, 2.75) is 25.8 Å². The Hall–Kier alpha value is -0.900. The first kappa shape index (κ1) is 13.5. The van der Waals surface area contributed by atoms with Crippen molar-refractivity contribution in [1.82, 2.24) is 10.3 Å². The first-order chi connectivity index (χ1) is 8.66. The predicted octanol–water partition coefficient (Wildman–Crippen LogP) is 4.25. The van der Waals surface area contributed by atoms with Gasteiger partial charge in [-0.15, -0.1) is 11.3 Å². The SMILES string of the molecule is CC(CNC(C)c1cccc(Cl)c1)c1nccs1. The molecular weight excluding hydrogens is 264 g/mol. The summed E-state index contributed by atoms with van der Waals surface area (Å²) in [6.07, 6.45) is 1.86. The van der Waals surface area contributed by atoms with Crippen molar-refractivity contribution in [2.75, 3.05) is 6.54 Å². The van der Waals surface area contributed by atoms with E-state index in [-0.39, 0.29) is 0 Å². The van der Waals surface area contributed by atoms with Crippen molar-refractivity contribution < 1.29 is 0 Å². The molecule has 1 aromatic carbocycles. The van der Waals surface area contributed by atoms with Crippen LogP contribution >= 0.6 is 22.9 Å². The molecule has 1 aromatic heterocycles. The molecule has 0 radical (unpaired) electrons. The van der Waals surface area contributed by atoms with Gasteiger partial charge in [-0.1, -0.05) is 30.7 Å².